The molecule has 0 aromatic heterocycles. The maximum absolute atomic E-state index is 12.1. The van der Waals surface area contributed by atoms with E-state index in [4.69, 9.17) is 10.5 Å². The van der Waals surface area contributed by atoms with Crippen LogP contribution in [0.1, 0.15) is 13.3 Å². The van der Waals surface area contributed by atoms with Crippen LogP contribution < -0.4 is 11.1 Å². The molecule has 3 N–H and O–H groups in total. The number of hydrogen-bond donors (Lipinski definition) is 2. The van der Waals surface area contributed by atoms with Crippen molar-refractivity contribution in [1.29, 1.82) is 0 Å². The van der Waals surface area contributed by atoms with E-state index < -0.39 is 6.04 Å². The fraction of sp³-hybridized carbons (Fsp3) is 0.846. The topological polar surface area (TPSA) is 87.9 Å². The predicted octanol–water partition coefficient (Wildman–Crippen LogP) is -1.37. The summed E-state index contributed by atoms with van der Waals surface area (Å²) in [4.78, 5) is 27.5. The molecule has 1 aliphatic heterocycles. The third-order valence-electron chi connectivity index (χ3n) is 3.30. The summed E-state index contributed by atoms with van der Waals surface area (Å²) in [6.07, 6.45) is 0.852. The first-order chi connectivity index (χ1) is 9.58. The van der Waals surface area contributed by atoms with Crippen molar-refractivity contribution in [2.75, 3.05) is 53.0 Å². The van der Waals surface area contributed by atoms with Gasteiger partial charge in [-0.3, -0.25) is 14.5 Å². The zero-order valence-corrected chi connectivity index (χ0v) is 12.4. The molecule has 1 aliphatic rings. The van der Waals surface area contributed by atoms with Gasteiger partial charge < -0.3 is 20.7 Å². The van der Waals surface area contributed by atoms with Gasteiger partial charge >= 0.3 is 0 Å². The molecule has 1 rings (SSSR count). The molecule has 0 saturated carbocycles. The highest BCUT2D eigenvalue weighted by Crippen LogP contribution is 2.04. The highest BCUT2D eigenvalue weighted by Gasteiger charge is 2.24. The van der Waals surface area contributed by atoms with E-state index in [-0.39, 0.29) is 18.4 Å². The molecule has 1 heterocycles. The van der Waals surface area contributed by atoms with Gasteiger partial charge in [0.05, 0.1) is 13.2 Å². The predicted molar refractivity (Wildman–Crippen MR) is 76.2 cm³/mol. The molecule has 0 aliphatic carbocycles. The largest absolute Gasteiger partial charge is 0.383 e. The van der Waals surface area contributed by atoms with E-state index in [1.807, 2.05) is 6.92 Å². The van der Waals surface area contributed by atoms with Crippen LogP contribution in [-0.2, 0) is 14.3 Å². The second-order valence-corrected chi connectivity index (χ2v) is 4.97. The average Bonchev–Trinajstić information content (AvgIpc) is 2.64. The lowest BCUT2D eigenvalue weighted by molar-refractivity contribution is -0.133. The first-order valence-corrected chi connectivity index (χ1v) is 7.10. The van der Waals surface area contributed by atoms with Crippen LogP contribution in [0.4, 0.5) is 0 Å². The first-order valence-electron chi connectivity index (χ1n) is 7.10. The Morgan fingerprint density at radius 1 is 1.30 bits per heavy atom. The zero-order chi connectivity index (χ0) is 15.0. The molecule has 116 valence electrons. The van der Waals surface area contributed by atoms with E-state index in [0.29, 0.717) is 32.7 Å². The lowest BCUT2D eigenvalue weighted by Crippen LogP contribution is -2.47. The second-order valence-electron chi connectivity index (χ2n) is 4.97. The summed E-state index contributed by atoms with van der Waals surface area (Å²) in [5, 5.41) is 2.78. The summed E-state index contributed by atoms with van der Waals surface area (Å²) in [7, 11) is 1.53. The number of methoxy groups -OCH3 is 1. The number of hydrogen-bond acceptors (Lipinski definition) is 5. The highest BCUT2D eigenvalue weighted by molar-refractivity contribution is 5.82. The van der Waals surface area contributed by atoms with Gasteiger partial charge in [0.2, 0.25) is 11.8 Å². The Morgan fingerprint density at radius 3 is 2.70 bits per heavy atom. The molecular weight excluding hydrogens is 260 g/mol. The fourth-order valence-electron chi connectivity index (χ4n) is 2.29. The number of nitrogens with one attached hydrogen (secondary N) is 1. The molecule has 0 spiro atoms. The molecule has 0 aromatic carbocycles. The number of nitrogens with zero attached hydrogens (tertiary/aromatic N) is 2. The first kappa shape index (κ1) is 16.9. The maximum atomic E-state index is 12.1. The molecule has 7 nitrogen and oxygen atoms in total. The number of likely N-dealkylation sites (N-methyl/N-ethyl adjacent to an activating group) is 1. The van der Waals surface area contributed by atoms with Crippen molar-refractivity contribution in [3.8, 4) is 0 Å². The summed E-state index contributed by atoms with van der Waals surface area (Å²) in [6.45, 7) is 5.97. The van der Waals surface area contributed by atoms with Crippen molar-refractivity contribution < 1.29 is 14.3 Å². The van der Waals surface area contributed by atoms with Crippen LogP contribution in [0.25, 0.3) is 0 Å². The van der Waals surface area contributed by atoms with Crippen LogP contribution in [0.2, 0.25) is 0 Å². The van der Waals surface area contributed by atoms with Gasteiger partial charge in [-0.05, 0) is 13.3 Å². The van der Waals surface area contributed by atoms with E-state index in [0.717, 1.165) is 13.0 Å². The molecule has 1 fully saturated rings. The third kappa shape index (κ3) is 5.44. The van der Waals surface area contributed by atoms with E-state index in [1.165, 1.54) is 7.11 Å². The van der Waals surface area contributed by atoms with Crippen LogP contribution in [0, 0.1) is 0 Å². The Balaban J connectivity index is 2.42. The summed E-state index contributed by atoms with van der Waals surface area (Å²) < 4.78 is 4.91. The Bertz CT molecular complexity index is 325. The number of carbonyl (C=O) groups excluding carboxylic acids is 2. The average molecular weight is 286 g/mol. The van der Waals surface area contributed by atoms with Gasteiger partial charge in [0.15, 0.2) is 0 Å². The van der Waals surface area contributed by atoms with Crippen LogP contribution >= 0.6 is 0 Å². The second kappa shape index (κ2) is 8.89. The van der Waals surface area contributed by atoms with Crippen LogP contribution in [-0.4, -0.2) is 80.6 Å². The minimum atomic E-state index is -0.602. The lowest BCUT2D eigenvalue weighted by Gasteiger charge is -2.24. The standard InChI is InChI=1S/C13H26N4O3/c1-3-15-12(18)9-16-5-4-6-17(8-7-16)13(19)11(14)10-20-2/h11H,3-10,14H2,1-2H3,(H,15,18). The SMILES string of the molecule is CCNC(=O)CN1CCCN(C(=O)C(N)COC)CC1. The number of carbonyl (C=O) groups is 2. The molecule has 7 heteroatoms. The molecule has 2 amide bonds. The van der Waals surface area contributed by atoms with Crippen molar-refractivity contribution in [2.24, 2.45) is 5.73 Å². The summed E-state index contributed by atoms with van der Waals surface area (Å²) in [5.74, 6) is -0.0462. The van der Waals surface area contributed by atoms with Crippen LogP contribution in [0.5, 0.6) is 0 Å². The number of ether oxygens (including phenoxy) is 1. The summed E-state index contributed by atoms with van der Waals surface area (Å²) in [6, 6.07) is -0.602. The Morgan fingerprint density at radius 2 is 2.05 bits per heavy atom. The fourth-order valence-corrected chi connectivity index (χ4v) is 2.29. The van der Waals surface area contributed by atoms with Crippen molar-refractivity contribution in [3.63, 3.8) is 0 Å². The van der Waals surface area contributed by atoms with Gasteiger partial charge in [-0.25, -0.2) is 0 Å². The minimum Gasteiger partial charge on any atom is -0.383 e. The van der Waals surface area contributed by atoms with Gasteiger partial charge in [-0.15, -0.1) is 0 Å². The smallest absolute Gasteiger partial charge is 0.241 e. The van der Waals surface area contributed by atoms with E-state index in [9.17, 15) is 9.59 Å². The normalized spacial score (nSPS) is 18.4. The van der Waals surface area contributed by atoms with Crippen molar-refractivity contribution in [3.05, 3.63) is 0 Å². The van der Waals surface area contributed by atoms with E-state index >= 15 is 0 Å². The Hall–Kier alpha value is -1.18. The molecular formula is C13H26N4O3. The van der Waals surface area contributed by atoms with Crippen molar-refractivity contribution >= 4 is 11.8 Å². The van der Waals surface area contributed by atoms with E-state index in [2.05, 4.69) is 10.2 Å². The van der Waals surface area contributed by atoms with Crippen LogP contribution in [0.3, 0.4) is 0 Å². The minimum absolute atomic E-state index is 0.0309. The molecule has 0 aromatic rings. The number of rotatable bonds is 6. The van der Waals surface area contributed by atoms with Gasteiger partial charge in [-0.2, -0.15) is 0 Å². The Kier molecular flexibility index (Phi) is 7.50. The lowest BCUT2D eigenvalue weighted by atomic mass is 10.2. The quantitative estimate of drug-likeness (QED) is 0.629. The van der Waals surface area contributed by atoms with Gasteiger partial charge in [0, 0.05) is 39.8 Å². The van der Waals surface area contributed by atoms with Gasteiger partial charge in [0.25, 0.3) is 0 Å². The number of amides is 2. The number of nitrogens with two attached hydrogens (primary N) is 1. The van der Waals surface area contributed by atoms with Crippen molar-refractivity contribution in [1.82, 2.24) is 15.1 Å². The maximum Gasteiger partial charge on any atom is 0.241 e. The molecule has 1 saturated heterocycles. The molecule has 0 bridgehead atoms. The third-order valence-corrected chi connectivity index (χ3v) is 3.30. The zero-order valence-electron chi connectivity index (χ0n) is 12.4. The molecule has 0 radical (unpaired) electrons. The Labute approximate surface area is 120 Å². The summed E-state index contributed by atoms with van der Waals surface area (Å²) >= 11 is 0. The molecule has 1 unspecified atom stereocenters. The van der Waals surface area contributed by atoms with E-state index in [1.54, 1.807) is 4.90 Å². The molecule has 1 atom stereocenters. The summed E-state index contributed by atoms with van der Waals surface area (Å²) in [5.41, 5.74) is 5.77. The van der Waals surface area contributed by atoms with Gasteiger partial charge in [0.1, 0.15) is 6.04 Å². The van der Waals surface area contributed by atoms with Crippen molar-refractivity contribution in [2.45, 2.75) is 19.4 Å². The van der Waals surface area contributed by atoms with Gasteiger partial charge in [-0.1, -0.05) is 0 Å². The molecule has 20 heavy (non-hydrogen) atoms. The van der Waals surface area contributed by atoms with Crippen LogP contribution in [0.15, 0.2) is 0 Å². The monoisotopic (exact) mass is 286 g/mol. The highest BCUT2D eigenvalue weighted by atomic mass is 16.5.